The van der Waals surface area contributed by atoms with Gasteiger partial charge in [0.2, 0.25) is 0 Å². The van der Waals surface area contributed by atoms with Crippen LogP contribution in [0.25, 0.3) is 0 Å². The van der Waals surface area contributed by atoms with E-state index in [1.807, 2.05) is 0 Å². The Morgan fingerprint density at radius 1 is 1.43 bits per heavy atom. The lowest BCUT2D eigenvalue weighted by Crippen LogP contribution is -2.42. The third-order valence-electron chi connectivity index (χ3n) is 3.63. The van der Waals surface area contributed by atoms with Gasteiger partial charge in [-0.2, -0.15) is 0 Å². The fourth-order valence-corrected chi connectivity index (χ4v) is 2.73. The minimum atomic E-state index is 0.567. The highest BCUT2D eigenvalue weighted by Crippen LogP contribution is 2.31. The predicted molar refractivity (Wildman–Crippen MR) is 61.8 cm³/mol. The lowest BCUT2D eigenvalue weighted by atomic mass is 9.77. The third kappa shape index (κ3) is 3.58. The van der Waals surface area contributed by atoms with E-state index in [1.54, 1.807) is 0 Å². The summed E-state index contributed by atoms with van der Waals surface area (Å²) >= 11 is 0. The van der Waals surface area contributed by atoms with E-state index >= 15 is 0 Å². The van der Waals surface area contributed by atoms with E-state index in [-0.39, 0.29) is 0 Å². The van der Waals surface area contributed by atoms with Gasteiger partial charge in [-0.1, -0.05) is 39.5 Å². The molecule has 2 heteroatoms. The third-order valence-corrected chi connectivity index (χ3v) is 3.63. The van der Waals surface area contributed by atoms with Gasteiger partial charge in [0, 0.05) is 6.04 Å². The first kappa shape index (κ1) is 12.0. The molecule has 1 aliphatic rings. The molecule has 0 spiro atoms. The largest absolute Gasteiger partial charge is 0.271 e. The molecule has 0 saturated heterocycles. The first-order chi connectivity index (χ1) is 6.77. The molecule has 0 heterocycles. The fraction of sp³-hybridized carbons (Fsp3) is 1.00. The summed E-state index contributed by atoms with van der Waals surface area (Å²) < 4.78 is 0. The second kappa shape index (κ2) is 6.41. The molecule has 3 N–H and O–H groups in total. The molecule has 0 amide bonds. The molecule has 3 unspecified atom stereocenters. The van der Waals surface area contributed by atoms with Gasteiger partial charge in [-0.3, -0.25) is 11.3 Å². The van der Waals surface area contributed by atoms with Crippen LogP contribution in [0.3, 0.4) is 0 Å². The smallest absolute Gasteiger partial charge is 0.0238 e. The first-order valence-corrected chi connectivity index (χ1v) is 6.24. The van der Waals surface area contributed by atoms with Crippen molar-refractivity contribution in [2.75, 3.05) is 0 Å². The lowest BCUT2D eigenvalue weighted by molar-refractivity contribution is 0.213. The van der Waals surface area contributed by atoms with Crippen molar-refractivity contribution in [3.05, 3.63) is 0 Å². The fourth-order valence-electron chi connectivity index (χ4n) is 2.73. The Hall–Kier alpha value is -0.0800. The zero-order valence-electron chi connectivity index (χ0n) is 9.76. The van der Waals surface area contributed by atoms with Crippen LogP contribution in [0.4, 0.5) is 0 Å². The maximum Gasteiger partial charge on any atom is 0.0238 e. The zero-order valence-corrected chi connectivity index (χ0v) is 9.76. The van der Waals surface area contributed by atoms with Gasteiger partial charge in [0.1, 0.15) is 0 Å². The van der Waals surface area contributed by atoms with Crippen molar-refractivity contribution < 1.29 is 0 Å². The highest BCUT2D eigenvalue weighted by molar-refractivity contribution is 4.80. The molecule has 0 aliphatic heterocycles. The maximum atomic E-state index is 5.64. The summed E-state index contributed by atoms with van der Waals surface area (Å²) in [6.07, 6.45) is 9.41. The normalized spacial score (nSPS) is 30.2. The molecular formula is C12H26N2. The molecule has 0 bridgehead atoms. The summed E-state index contributed by atoms with van der Waals surface area (Å²) in [5, 5.41) is 0. The molecule has 0 aromatic carbocycles. The van der Waals surface area contributed by atoms with Crippen LogP contribution in [0, 0.1) is 11.8 Å². The molecule has 0 radical (unpaired) electrons. The van der Waals surface area contributed by atoms with Crippen LogP contribution in [0.1, 0.15) is 58.8 Å². The van der Waals surface area contributed by atoms with Crippen molar-refractivity contribution in [3.63, 3.8) is 0 Å². The van der Waals surface area contributed by atoms with Crippen molar-refractivity contribution in [2.24, 2.45) is 17.7 Å². The highest BCUT2D eigenvalue weighted by Gasteiger charge is 2.25. The number of rotatable bonds is 5. The van der Waals surface area contributed by atoms with Gasteiger partial charge < -0.3 is 0 Å². The van der Waals surface area contributed by atoms with Crippen molar-refractivity contribution in [1.82, 2.24) is 5.43 Å². The Kier molecular flexibility index (Phi) is 5.49. The summed E-state index contributed by atoms with van der Waals surface area (Å²) in [5.41, 5.74) is 3.03. The Balaban J connectivity index is 2.34. The Morgan fingerprint density at radius 2 is 2.21 bits per heavy atom. The Morgan fingerprint density at radius 3 is 2.79 bits per heavy atom. The summed E-state index contributed by atoms with van der Waals surface area (Å²) in [5.74, 6) is 7.38. The Bertz CT molecular complexity index is 147. The number of hydrogen-bond acceptors (Lipinski definition) is 2. The molecule has 0 aromatic rings. The molecule has 14 heavy (non-hydrogen) atoms. The van der Waals surface area contributed by atoms with Gasteiger partial charge in [0.25, 0.3) is 0 Å². The van der Waals surface area contributed by atoms with Crippen LogP contribution in [0.5, 0.6) is 0 Å². The standard InChI is InChI=1S/C12H26N2/c1-3-4-8-12(14-13)11-7-5-6-10(2)9-11/h10-12,14H,3-9,13H2,1-2H3. The monoisotopic (exact) mass is 198 g/mol. The number of hydrazine groups is 1. The average Bonchev–Trinajstić information content (AvgIpc) is 2.19. The topological polar surface area (TPSA) is 38.0 Å². The van der Waals surface area contributed by atoms with E-state index in [4.69, 9.17) is 5.84 Å². The van der Waals surface area contributed by atoms with Gasteiger partial charge >= 0.3 is 0 Å². The van der Waals surface area contributed by atoms with Crippen LogP contribution in [-0.2, 0) is 0 Å². The number of nitrogens with one attached hydrogen (secondary N) is 1. The summed E-state index contributed by atoms with van der Waals surface area (Å²) in [6.45, 7) is 4.62. The van der Waals surface area contributed by atoms with E-state index in [0.29, 0.717) is 6.04 Å². The van der Waals surface area contributed by atoms with Crippen LogP contribution in [0.2, 0.25) is 0 Å². The minimum absolute atomic E-state index is 0.567. The van der Waals surface area contributed by atoms with Crippen LogP contribution >= 0.6 is 0 Å². The molecule has 1 saturated carbocycles. The molecule has 84 valence electrons. The number of hydrogen-bond donors (Lipinski definition) is 2. The molecule has 0 aromatic heterocycles. The maximum absolute atomic E-state index is 5.64. The molecular weight excluding hydrogens is 172 g/mol. The predicted octanol–water partition coefficient (Wildman–Crippen LogP) is 2.83. The van der Waals surface area contributed by atoms with Crippen LogP contribution < -0.4 is 11.3 Å². The highest BCUT2D eigenvalue weighted by atomic mass is 15.2. The van der Waals surface area contributed by atoms with Crippen molar-refractivity contribution in [1.29, 1.82) is 0 Å². The second-order valence-corrected chi connectivity index (χ2v) is 4.95. The summed E-state index contributed by atoms with van der Waals surface area (Å²) in [6, 6.07) is 0.567. The summed E-state index contributed by atoms with van der Waals surface area (Å²) in [4.78, 5) is 0. The SMILES string of the molecule is CCCCC(NN)C1CCCC(C)C1. The molecule has 1 fully saturated rings. The second-order valence-electron chi connectivity index (χ2n) is 4.95. The van der Waals surface area contributed by atoms with Gasteiger partial charge in [0.15, 0.2) is 0 Å². The van der Waals surface area contributed by atoms with Crippen molar-refractivity contribution in [2.45, 2.75) is 64.8 Å². The average molecular weight is 198 g/mol. The van der Waals surface area contributed by atoms with Gasteiger partial charge in [-0.05, 0) is 31.1 Å². The van der Waals surface area contributed by atoms with Crippen LogP contribution in [-0.4, -0.2) is 6.04 Å². The van der Waals surface area contributed by atoms with Gasteiger partial charge in [-0.25, -0.2) is 0 Å². The molecule has 3 atom stereocenters. The van der Waals surface area contributed by atoms with Crippen LogP contribution in [0.15, 0.2) is 0 Å². The van der Waals surface area contributed by atoms with E-state index in [2.05, 4.69) is 19.3 Å². The number of nitrogens with two attached hydrogens (primary N) is 1. The molecule has 1 rings (SSSR count). The van der Waals surface area contributed by atoms with Gasteiger partial charge in [-0.15, -0.1) is 0 Å². The first-order valence-electron chi connectivity index (χ1n) is 6.24. The quantitative estimate of drug-likeness (QED) is 0.526. The van der Waals surface area contributed by atoms with E-state index in [0.717, 1.165) is 11.8 Å². The van der Waals surface area contributed by atoms with E-state index < -0.39 is 0 Å². The Labute approximate surface area is 88.6 Å². The minimum Gasteiger partial charge on any atom is -0.271 e. The van der Waals surface area contributed by atoms with Gasteiger partial charge in [0.05, 0.1) is 0 Å². The zero-order chi connectivity index (χ0) is 10.4. The lowest BCUT2D eigenvalue weighted by Gasteiger charge is -2.32. The van der Waals surface area contributed by atoms with E-state index in [1.165, 1.54) is 44.9 Å². The number of unbranched alkanes of at least 4 members (excludes halogenated alkanes) is 1. The molecule has 2 nitrogen and oxygen atoms in total. The van der Waals surface area contributed by atoms with E-state index in [9.17, 15) is 0 Å². The molecule has 1 aliphatic carbocycles. The van der Waals surface area contributed by atoms with Crippen molar-refractivity contribution in [3.8, 4) is 0 Å². The summed E-state index contributed by atoms with van der Waals surface area (Å²) in [7, 11) is 0. The van der Waals surface area contributed by atoms with Crippen molar-refractivity contribution >= 4 is 0 Å².